The predicted molar refractivity (Wildman–Crippen MR) is 67.5 cm³/mol. The van der Waals surface area contributed by atoms with Crippen LogP contribution in [0, 0.1) is 0 Å². The van der Waals surface area contributed by atoms with Gasteiger partial charge in [-0.1, -0.05) is 36.4 Å². The average Bonchev–Trinajstić information content (AvgIpc) is 2.29. The second kappa shape index (κ2) is 5.15. The fourth-order valence-corrected chi connectivity index (χ4v) is 2.08. The average molecular weight is 231 g/mol. The van der Waals surface area contributed by atoms with Gasteiger partial charge in [0.1, 0.15) is 6.10 Å². The minimum Gasteiger partial charge on any atom is -0.456 e. The highest BCUT2D eigenvalue weighted by atomic mass is 16.5. The lowest BCUT2D eigenvalue weighted by Crippen LogP contribution is -2.37. The van der Waals surface area contributed by atoms with Gasteiger partial charge in [0.05, 0.1) is 0 Å². The van der Waals surface area contributed by atoms with Gasteiger partial charge in [0, 0.05) is 20.0 Å². The van der Waals surface area contributed by atoms with E-state index in [1.54, 1.807) is 0 Å². The highest BCUT2D eigenvalue weighted by Gasteiger charge is 2.24. The van der Waals surface area contributed by atoms with Gasteiger partial charge in [0.25, 0.3) is 0 Å². The fourth-order valence-electron chi connectivity index (χ4n) is 2.08. The maximum atomic E-state index is 11.1. The molecule has 0 amide bonds. The quantitative estimate of drug-likeness (QED) is 0.729. The number of nitrogens with zero attached hydrogens (tertiary/aromatic N) is 1. The molecular formula is C14H17NO2. The summed E-state index contributed by atoms with van der Waals surface area (Å²) in [4.78, 5) is 13.3. The molecule has 1 aromatic carbocycles. The number of hydrogen-bond acceptors (Lipinski definition) is 3. The number of rotatable bonds is 2. The minimum atomic E-state index is -0.230. The molecule has 0 fully saturated rings. The van der Waals surface area contributed by atoms with Gasteiger partial charge in [-0.2, -0.15) is 0 Å². The first-order valence-corrected chi connectivity index (χ1v) is 5.78. The minimum absolute atomic E-state index is 0.159. The Kier molecular flexibility index (Phi) is 3.59. The summed E-state index contributed by atoms with van der Waals surface area (Å²) in [6, 6.07) is 10.1. The predicted octanol–water partition coefficient (Wildman–Crippen LogP) is 1.95. The van der Waals surface area contributed by atoms with Gasteiger partial charge in [-0.3, -0.25) is 9.69 Å². The normalized spacial score (nSPS) is 20.8. The van der Waals surface area contributed by atoms with Crippen molar-refractivity contribution in [2.75, 3.05) is 20.1 Å². The number of ether oxygens (including phenoxy) is 1. The summed E-state index contributed by atoms with van der Waals surface area (Å²) < 4.78 is 5.38. The van der Waals surface area contributed by atoms with Gasteiger partial charge in [-0.25, -0.2) is 0 Å². The molecule has 1 heterocycles. The number of likely N-dealkylation sites (N-methyl/N-ethyl adjacent to an activating group) is 1. The maximum Gasteiger partial charge on any atom is 0.303 e. The maximum absolute atomic E-state index is 11.1. The topological polar surface area (TPSA) is 29.5 Å². The zero-order chi connectivity index (χ0) is 12.3. The summed E-state index contributed by atoms with van der Waals surface area (Å²) in [6.07, 6.45) is 1.97. The molecule has 0 aromatic heterocycles. The summed E-state index contributed by atoms with van der Waals surface area (Å²) in [5.41, 5.74) is 2.24. The van der Waals surface area contributed by atoms with E-state index in [9.17, 15) is 4.79 Å². The lowest BCUT2D eigenvalue weighted by atomic mass is 9.97. The highest BCUT2D eigenvalue weighted by Crippen LogP contribution is 2.24. The van der Waals surface area contributed by atoms with Crippen LogP contribution in [-0.4, -0.2) is 37.1 Å². The Labute approximate surface area is 102 Å². The Morgan fingerprint density at radius 3 is 2.71 bits per heavy atom. The summed E-state index contributed by atoms with van der Waals surface area (Å²) in [5.74, 6) is -0.230. The number of hydrogen-bond donors (Lipinski definition) is 0. The molecule has 0 radical (unpaired) electrons. The van der Waals surface area contributed by atoms with Gasteiger partial charge in [0.15, 0.2) is 0 Å². The third-order valence-electron chi connectivity index (χ3n) is 2.86. The van der Waals surface area contributed by atoms with Gasteiger partial charge >= 0.3 is 5.97 Å². The molecule has 1 aliphatic rings. The largest absolute Gasteiger partial charge is 0.456 e. The van der Waals surface area contributed by atoms with E-state index < -0.39 is 0 Å². The monoisotopic (exact) mass is 231 g/mol. The lowest BCUT2D eigenvalue weighted by molar-refractivity contribution is -0.144. The third-order valence-corrected chi connectivity index (χ3v) is 2.86. The van der Waals surface area contributed by atoms with Crippen molar-refractivity contribution in [3.8, 4) is 0 Å². The molecular weight excluding hydrogens is 214 g/mol. The van der Waals surface area contributed by atoms with E-state index in [2.05, 4.69) is 11.0 Å². The molecule has 0 bridgehead atoms. The van der Waals surface area contributed by atoms with Crippen molar-refractivity contribution < 1.29 is 9.53 Å². The van der Waals surface area contributed by atoms with Crippen LogP contribution in [0.15, 0.2) is 36.4 Å². The van der Waals surface area contributed by atoms with Crippen LogP contribution in [0.1, 0.15) is 12.5 Å². The Hall–Kier alpha value is -1.61. The molecule has 1 aliphatic heterocycles. The third kappa shape index (κ3) is 2.94. The van der Waals surface area contributed by atoms with E-state index in [1.165, 1.54) is 6.92 Å². The fraction of sp³-hybridized carbons (Fsp3) is 0.357. The Bertz CT molecular complexity index is 425. The van der Waals surface area contributed by atoms with Crippen LogP contribution in [0.3, 0.4) is 0 Å². The summed E-state index contributed by atoms with van der Waals surface area (Å²) in [5, 5.41) is 0. The van der Waals surface area contributed by atoms with Crippen LogP contribution < -0.4 is 0 Å². The van der Waals surface area contributed by atoms with Crippen LogP contribution >= 0.6 is 0 Å². The van der Waals surface area contributed by atoms with E-state index in [1.807, 2.05) is 37.4 Å². The first-order chi connectivity index (χ1) is 8.16. The van der Waals surface area contributed by atoms with Crippen LogP contribution in [-0.2, 0) is 9.53 Å². The smallest absolute Gasteiger partial charge is 0.303 e. The molecule has 2 rings (SSSR count). The molecule has 3 nitrogen and oxygen atoms in total. The summed E-state index contributed by atoms with van der Waals surface area (Å²) in [6.45, 7) is 3.10. The molecule has 3 heteroatoms. The van der Waals surface area contributed by atoms with Crippen molar-refractivity contribution in [1.29, 1.82) is 0 Å². The van der Waals surface area contributed by atoms with Crippen LogP contribution in [0.4, 0.5) is 0 Å². The van der Waals surface area contributed by atoms with Gasteiger partial charge in [-0.15, -0.1) is 0 Å². The number of benzene rings is 1. The van der Waals surface area contributed by atoms with Crippen molar-refractivity contribution in [3.05, 3.63) is 42.0 Å². The molecule has 1 atom stereocenters. The number of carbonyl (C=O) groups is 1. The van der Waals surface area contributed by atoms with Crippen LogP contribution in [0.2, 0.25) is 0 Å². The Balaban J connectivity index is 2.26. The zero-order valence-corrected chi connectivity index (χ0v) is 10.2. The van der Waals surface area contributed by atoms with E-state index in [-0.39, 0.29) is 12.1 Å². The Morgan fingerprint density at radius 2 is 2.06 bits per heavy atom. The van der Waals surface area contributed by atoms with Crippen LogP contribution in [0.25, 0.3) is 5.57 Å². The molecule has 17 heavy (non-hydrogen) atoms. The van der Waals surface area contributed by atoms with Gasteiger partial charge in [0.2, 0.25) is 0 Å². The van der Waals surface area contributed by atoms with Crippen molar-refractivity contribution in [2.45, 2.75) is 13.0 Å². The van der Waals surface area contributed by atoms with Crippen molar-refractivity contribution >= 4 is 11.5 Å². The van der Waals surface area contributed by atoms with Gasteiger partial charge in [-0.05, 0) is 18.2 Å². The van der Waals surface area contributed by atoms with E-state index in [0.717, 1.165) is 24.2 Å². The van der Waals surface area contributed by atoms with Crippen molar-refractivity contribution in [2.24, 2.45) is 0 Å². The molecule has 0 saturated heterocycles. The number of esters is 1. The summed E-state index contributed by atoms with van der Waals surface area (Å²) in [7, 11) is 2.02. The first-order valence-electron chi connectivity index (χ1n) is 5.78. The SMILES string of the molecule is CC(=O)O[C@H]1CN(C)CC=C1c1ccccc1. The second-order valence-corrected chi connectivity index (χ2v) is 4.34. The second-order valence-electron chi connectivity index (χ2n) is 4.34. The first kappa shape index (κ1) is 11.9. The van der Waals surface area contributed by atoms with E-state index >= 15 is 0 Å². The zero-order valence-electron chi connectivity index (χ0n) is 10.2. The van der Waals surface area contributed by atoms with Crippen molar-refractivity contribution in [3.63, 3.8) is 0 Å². The molecule has 0 unspecified atom stereocenters. The standard InChI is InChI=1S/C14H17NO2/c1-11(16)17-14-10-15(2)9-8-13(14)12-6-4-3-5-7-12/h3-8,14H,9-10H2,1-2H3/t14-/m0/s1. The summed E-state index contributed by atoms with van der Waals surface area (Å²) >= 11 is 0. The number of carbonyl (C=O) groups excluding carboxylic acids is 1. The Morgan fingerprint density at radius 1 is 1.35 bits per heavy atom. The molecule has 0 aliphatic carbocycles. The van der Waals surface area contributed by atoms with E-state index in [4.69, 9.17) is 4.74 Å². The lowest BCUT2D eigenvalue weighted by Gasteiger charge is -2.30. The molecule has 0 spiro atoms. The molecule has 1 aromatic rings. The van der Waals surface area contributed by atoms with Crippen molar-refractivity contribution in [1.82, 2.24) is 4.90 Å². The van der Waals surface area contributed by atoms with Crippen LogP contribution in [0.5, 0.6) is 0 Å². The van der Waals surface area contributed by atoms with Gasteiger partial charge < -0.3 is 4.74 Å². The molecule has 90 valence electrons. The molecule has 0 N–H and O–H groups in total. The highest BCUT2D eigenvalue weighted by molar-refractivity contribution is 5.74. The van der Waals surface area contributed by atoms with E-state index in [0.29, 0.717) is 0 Å². The molecule has 0 saturated carbocycles.